The molecule has 2 amide bonds. The topological polar surface area (TPSA) is 75.7 Å². The molecule has 1 aliphatic heterocycles. The molecule has 2 atom stereocenters. The molecule has 0 spiro atoms. The number of benzene rings is 1. The highest BCUT2D eigenvalue weighted by atomic mass is 16.5. The van der Waals surface area contributed by atoms with Crippen LogP contribution in [0.5, 0.6) is 0 Å². The zero-order valence-corrected chi connectivity index (χ0v) is 15.2. The summed E-state index contributed by atoms with van der Waals surface area (Å²) in [6.07, 6.45) is 5.87. The average Bonchev–Trinajstić information content (AvgIpc) is 3.08. The molecule has 26 heavy (non-hydrogen) atoms. The van der Waals surface area contributed by atoms with E-state index in [0.29, 0.717) is 24.4 Å². The van der Waals surface area contributed by atoms with Gasteiger partial charge < -0.3 is 15.0 Å². The Hall–Kier alpha value is -2.37. The third-order valence-electron chi connectivity index (χ3n) is 5.28. The lowest BCUT2D eigenvalue weighted by atomic mass is 9.86. The predicted molar refractivity (Wildman–Crippen MR) is 97.9 cm³/mol. The largest absolute Gasteiger partial charge is 0.452 e. The SMILES string of the molecule is C[C@H]1CCCC[C@H]1NC(=O)COC(=O)c1ccc(N2CCCC2=O)cc1. The fourth-order valence-electron chi connectivity index (χ4n) is 3.69. The minimum atomic E-state index is -0.531. The third kappa shape index (κ3) is 4.42. The van der Waals surface area contributed by atoms with Crippen molar-refractivity contribution in [2.75, 3.05) is 18.1 Å². The van der Waals surface area contributed by atoms with Crippen molar-refractivity contribution in [2.24, 2.45) is 5.92 Å². The number of esters is 1. The van der Waals surface area contributed by atoms with Gasteiger partial charge in [-0.3, -0.25) is 9.59 Å². The summed E-state index contributed by atoms with van der Waals surface area (Å²) in [6.45, 7) is 2.58. The number of hydrogen-bond donors (Lipinski definition) is 1. The van der Waals surface area contributed by atoms with Crippen LogP contribution >= 0.6 is 0 Å². The van der Waals surface area contributed by atoms with Crippen molar-refractivity contribution in [1.29, 1.82) is 0 Å². The molecule has 0 unspecified atom stereocenters. The summed E-state index contributed by atoms with van der Waals surface area (Å²) in [4.78, 5) is 37.6. The van der Waals surface area contributed by atoms with Crippen LogP contribution in [0.1, 0.15) is 55.8 Å². The van der Waals surface area contributed by atoms with E-state index in [9.17, 15) is 14.4 Å². The highest BCUT2D eigenvalue weighted by Gasteiger charge is 2.24. The summed E-state index contributed by atoms with van der Waals surface area (Å²) in [5.41, 5.74) is 1.16. The molecule has 1 aromatic rings. The second-order valence-electron chi connectivity index (χ2n) is 7.21. The quantitative estimate of drug-likeness (QED) is 0.821. The van der Waals surface area contributed by atoms with E-state index in [1.165, 1.54) is 6.42 Å². The van der Waals surface area contributed by atoms with Crippen LogP contribution in [0.3, 0.4) is 0 Å². The van der Waals surface area contributed by atoms with Gasteiger partial charge in [0.05, 0.1) is 5.56 Å². The minimum absolute atomic E-state index is 0.105. The van der Waals surface area contributed by atoms with Crippen LogP contribution in [0, 0.1) is 5.92 Å². The van der Waals surface area contributed by atoms with E-state index >= 15 is 0 Å². The summed E-state index contributed by atoms with van der Waals surface area (Å²) in [5.74, 6) is -0.217. The first-order chi connectivity index (χ1) is 12.5. The van der Waals surface area contributed by atoms with Crippen molar-refractivity contribution >= 4 is 23.5 Å². The van der Waals surface area contributed by atoms with Crippen LogP contribution < -0.4 is 10.2 Å². The molecular formula is C20H26N2O4. The molecule has 0 bridgehead atoms. The Labute approximate surface area is 153 Å². The zero-order valence-electron chi connectivity index (χ0n) is 15.2. The van der Waals surface area contributed by atoms with Crippen molar-refractivity contribution in [3.05, 3.63) is 29.8 Å². The molecule has 6 heteroatoms. The number of carbonyl (C=O) groups is 3. The summed E-state index contributed by atoms with van der Waals surface area (Å²) in [6, 6.07) is 6.91. The molecule has 1 N–H and O–H groups in total. The molecule has 1 heterocycles. The van der Waals surface area contributed by atoms with Gasteiger partial charge in [0.1, 0.15) is 0 Å². The molecule has 2 aliphatic rings. The van der Waals surface area contributed by atoms with E-state index in [-0.39, 0.29) is 24.5 Å². The molecule has 1 aliphatic carbocycles. The smallest absolute Gasteiger partial charge is 0.338 e. The number of amides is 2. The molecule has 0 radical (unpaired) electrons. The molecule has 3 rings (SSSR count). The second kappa shape index (κ2) is 8.34. The van der Waals surface area contributed by atoms with Crippen LogP contribution in [0.2, 0.25) is 0 Å². The molecular weight excluding hydrogens is 332 g/mol. The first-order valence-electron chi connectivity index (χ1n) is 9.41. The lowest BCUT2D eigenvalue weighted by Crippen LogP contribution is -2.42. The number of nitrogens with zero attached hydrogens (tertiary/aromatic N) is 1. The fraction of sp³-hybridized carbons (Fsp3) is 0.550. The number of anilines is 1. The highest BCUT2D eigenvalue weighted by Crippen LogP contribution is 2.24. The first-order valence-corrected chi connectivity index (χ1v) is 9.41. The Morgan fingerprint density at radius 1 is 1.15 bits per heavy atom. The number of ether oxygens (including phenoxy) is 1. The fourth-order valence-corrected chi connectivity index (χ4v) is 3.69. The van der Waals surface area contributed by atoms with Crippen molar-refractivity contribution in [3.8, 4) is 0 Å². The number of carbonyl (C=O) groups excluding carboxylic acids is 3. The Bertz CT molecular complexity index is 671. The van der Waals surface area contributed by atoms with E-state index in [1.807, 2.05) is 0 Å². The van der Waals surface area contributed by atoms with Gasteiger partial charge in [-0.25, -0.2) is 4.79 Å². The Balaban J connectivity index is 1.48. The van der Waals surface area contributed by atoms with E-state index in [2.05, 4.69) is 12.2 Å². The normalized spacial score (nSPS) is 23.0. The van der Waals surface area contributed by atoms with E-state index in [4.69, 9.17) is 4.74 Å². The Morgan fingerprint density at radius 3 is 2.54 bits per heavy atom. The van der Waals surface area contributed by atoms with Gasteiger partial charge in [0.25, 0.3) is 5.91 Å². The van der Waals surface area contributed by atoms with Crippen LogP contribution in [-0.2, 0) is 14.3 Å². The third-order valence-corrected chi connectivity index (χ3v) is 5.28. The number of rotatable bonds is 5. The number of nitrogens with one attached hydrogen (secondary N) is 1. The first kappa shape index (κ1) is 18.4. The molecule has 1 aromatic carbocycles. The maximum atomic E-state index is 12.1. The summed E-state index contributed by atoms with van der Waals surface area (Å²) < 4.78 is 5.12. The average molecular weight is 358 g/mol. The summed E-state index contributed by atoms with van der Waals surface area (Å²) >= 11 is 0. The van der Waals surface area contributed by atoms with Gasteiger partial charge in [0.15, 0.2) is 6.61 Å². The van der Waals surface area contributed by atoms with Crippen LogP contribution in [0.4, 0.5) is 5.69 Å². The molecule has 1 saturated carbocycles. The van der Waals surface area contributed by atoms with Gasteiger partial charge in [-0.15, -0.1) is 0 Å². The van der Waals surface area contributed by atoms with Crippen molar-refractivity contribution in [3.63, 3.8) is 0 Å². The van der Waals surface area contributed by atoms with Crippen molar-refractivity contribution in [1.82, 2.24) is 5.32 Å². The predicted octanol–water partition coefficient (Wildman–Crippen LogP) is 2.67. The van der Waals surface area contributed by atoms with Crippen LogP contribution in [0.15, 0.2) is 24.3 Å². The maximum absolute atomic E-state index is 12.1. The molecule has 1 saturated heterocycles. The lowest BCUT2D eigenvalue weighted by Gasteiger charge is -2.29. The second-order valence-corrected chi connectivity index (χ2v) is 7.21. The lowest BCUT2D eigenvalue weighted by molar-refractivity contribution is -0.125. The van der Waals surface area contributed by atoms with Crippen molar-refractivity contribution < 1.29 is 19.1 Å². The standard InChI is InChI=1S/C20H26N2O4/c1-14-5-2-3-6-17(14)21-18(23)13-26-20(25)15-8-10-16(11-9-15)22-12-4-7-19(22)24/h8-11,14,17H,2-7,12-13H2,1H3,(H,21,23)/t14-,17+/m0/s1. The Kier molecular flexibility index (Phi) is 5.91. The van der Waals surface area contributed by atoms with Gasteiger partial charge in [0, 0.05) is 24.7 Å². The zero-order chi connectivity index (χ0) is 18.5. The van der Waals surface area contributed by atoms with Gasteiger partial charge >= 0.3 is 5.97 Å². The number of hydrogen-bond acceptors (Lipinski definition) is 4. The van der Waals surface area contributed by atoms with E-state index in [1.54, 1.807) is 29.2 Å². The molecule has 0 aromatic heterocycles. The molecule has 2 fully saturated rings. The molecule has 6 nitrogen and oxygen atoms in total. The summed E-state index contributed by atoms with van der Waals surface area (Å²) in [7, 11) is 0. The highest BCUT2D eigenvalue weighted by molar-refractivity contribution is 5.96. The van der Waals surface area contributed by atoms with Crippen LogP contribution in [0.25, 0.3) is 0 Å². The Morgan fingerprint density at radius 2 is 1.88 bits per heavy atom. The van der Waals surface area contributed by atoms with Gasteiger partial charge in [-0.1, -0.05) is 19.8 Å². The van der Waals surface area contributed by atoms with E-state index in [0.717, 1.165) is 31.4 Å². The van der Waals surface area contributed by atoms with Crippen LogP contribution in [-0.4, -0.2) is 37.0 Å². The summed E-state index contributed by atoms with van der Waals surface area (Å²) in [5, 5.41) is 2.97. The van der Waals surface area contributed by atoms with Crippen molar-refractivity contribution in [2.45, 2.75) is 51.5 Å². The van der Waals surface area contributed by atoms with Gasteiger partial charge in [-0.2, -0.15) is 0 Å². The van der Waals surface area contributed by atoms with E-state index < -0.39 is 5.97 Å². The van der Waals surface area contributed by atoms with Gasteiger partial charge in [0.2, 0.25) is 5.91 Å². The monoisotopic (exact) mass is 358 g/mol. The van der Waals surface area contributed by atoms with Gasteiger partial charge in [-0.05, 0) is 49.4 Å². The minimum Gasteiger partial charge on any atom is -0.452 e. The molecule has 140 valence electrons. The maximum Gasteiger partial charge on any atom is 0.338 e.